The molecular weight excluding hydrogens is 550 g/mol. The van der Waals surface area contributed by atoms with Crippen LogP contribution in [0.25, 0.3) is 0 Å². The van der Waals surface area contributed by atoms with Crippen molar-refractivity contribution in [3.63, 3.8) is 0 Å². The SMILES string of the molecule is COc1ccc(S(=O)(=O)N(CC(=O)N(Cc2ccccc2C)[C@@H](C)C(=O)NCC(C)C)c2ccc(Cl)cc2)cc1. The molecule has 0 aromatic heterocycles. The molecule has 1 atom stereocenters. The van der Waals surface area contributed by atoms with Gasteiger partial charge in [0.25, 0.3) is 10.0 Å². The van der Waals surface area contributed by atoms with E-state index in [9.17, 15) is 18.0 Å². The molecule has 3 aromatic carbocycles. The smallest absolute Gasteiger partial charge is 0.264 e. The van der Waals surface area contributed by atoms with Gasteiger partial charge in [0.1, 0.15) is 18.3 Å². The Labute approximate surface area is 241 Å². The zero-order chi connectivity index (χ0) is 29.4. The van der Waals surface area contributed by atoms with E-state index in [-0.39, 0.29) is 29.0 Å². The van der Waals surface area contributed by atoms with Gasteiger partial charge in [0, 0.05) is 18.1 Å². The molecule has 40 heavy (non-hydrogen) atoms. The fraction of sp³-hybridized carbons (Fsp3) is 0.333. The number of rotatable bonds is 12. The number of nitrogens with zero attached hydrogens (tertiary/aromatic N) is 2. The van der Waals surface area contributed by atoms with E-state index in [0.717, 1.165) is 15.4 Å². The normalized spacial score (nSPS) is 12.1. The standard InChI is InChI=1S/C30H36ClN3O5S/c1-21(2)18-32-30(36)23(4)33(19-24-9-7-6-8-22(24)3)29(35)20-34(26-12-10-25(31)11-13-26)40(37,38)28-16-14-27(39-5)15-17-28/h6-17,21,23H,18-20H2,1-5H3,(H,32,36)/t23-/m0/s1. The number of hydrogen-bond donors (Lipinski definition) is 1. The molecular formula is C30H36ClN3O5S. The number of anilines is 1. The van der Waals surface area contributed by atoms with Crippen LogP contribution in [0, 0.1) is 12.8 Å². The molecule has 3 rings (SSSR count). The first kappa shape index (κ1) is 31.0. The van der Waals surface area contributed by atoms with Crippen molar-refractivity contribution in [3.05, 3.63) is 88.9 Å². The number of hydrogen-bond acceptors (Lipinski definition) is 5. The lowest BCUT2D eigenvalue weighted by atomic mass is 10.1. The zero-order valence-electron chi connectivity index (χ0n) is 23.4. The van der Waals surface area contributed by atoms with Gasteiger partial charge in [-0.3, -0.25) is 13.9 Å². The maximum absolute atomic E-state index is 14.0. The van der Waals surface area contributed by atoms with Crippen molar-refractivity contribution in [2.45, 2.75) is 45.2 Å². The zero-order valence-corrected chi connectivity index (χ0v) is 25.0. The Bertz CT molecular complexity index is 1410. The number of amides is 2. The quantitative estimate of drug-likeness (QED) is 0.321. The number of ether oxygens (including phenoxy) is 1. The molecule has 0 bridgehead atoms. The van der Waals surface area contributed by atoms with Crippen LogP contribution in [0.3, 0.4) is 0 Å². The minimum atomic E-state index is -4.18. The third-order valence-electron chi connectivity index (χ3n) is 6.49. The third-order valence-corrected chi connectivity index (χ3v) is 8.53. The largest absolute Gasteiger partial charge is 0.497 e. The Balaban J connectivity index is 2.02. The van der Waals surface area contributed by atoms with Crippen LogP contribution in [-0.2, 0) is 26.2 Å². The second-order valence-corrected chi connectivity index (χ2v) is 12.2. The lowest BCUT2D eigenvalue weighted by Crippen LogP contribution is -2.51. The van der Waals surface area contributed by atoms with Gasteiger partial charge in [-0.15, -0.1) is 0 Å². The number of sulfonamides is 1. The van der Waals surface area contributed by atoms with Gasteiger partial charge in [0.05, 0.1) is 17.7 Å². The number of halogens is 1. The number of benzene rings is 3. The number of nitrogens with one attached hydrogen (secondary N) is 1. The summed E-state index contributed by atoms with van der Waals surface area (Å²) in [6.07, 6.45) is 0. The van der Waals surface area contributed by atoms with E-state index in [0.29, 0.717) is 17.3 Å². The molecule has 0 aliphatic rings. The topological polar surface area (TPSA) is 96.0 Å². The third kappa shape index (κ3) is 7.76. The van der Waals surface area contributed by atoms with E-state index in [1.54, 1.807) is 43.3 Å². The Morgan fingerprint density at radius 3 is 2.15 bits per heavy atom. The first-order valence-electron chi connectivity index (χ1n) is 13.0. The fourth-order valence-electron chi connectivity index (χ4n) is 4.02. The highest BCUT2D eigenvalue weighted by atomic mass is 35.5. The molecule has 0 saturated heterocycles. The Morgan fingerprint density at radius 1 is 0.950 bits per heavy atom. The van der Waals surface area contributed by atoms with E-state index in [4.69, 9.17) is 16.3 Å². The van der Waals surface area contributed by atoms with Crippen LogP contribution >= 0.6 is 11.6 Å². The monoisotopic (exact) mass is 585 g/mol. The minimum absolute atomic E-state index is 0.00997. The molecule has 214 valence electrons. The van der Waals surface area contributed by atoms with Crippen molar-refractivity contribution in [3.8, 4) is 5.75 Å². The molecule has 0 spiro atoms. The summed E-state index contributed by atoms with van der Waals surface area (Å²) in [4.78, 5) is 28.5. The lowest BCUT2D eigenvalue weighted by molar-refractivity contribution is -0.139. The Morgan fingerprint density at radius 2 is 1.57 bits per heavy atom. The summed E-state index contributed by atoms with van der Waals surface area (Å²) in [6.45, 7) is 7.61. The van der Waals surface area contributed by atoms with Crippen LogP contribution in [0.1, 0.15) is 31.9 Å². The number of carbonyl (C=O) groups excluding carboxylic acids is 2. The van der Waals surface area contributed by atoms with Crippen molar-refractivity contribution in [1.29, 1.82) is 0 Å². The van der Waals surface area contributed by atoms with Gasteiger partial charge >= 0.3 is 0 Å². The summed E-state index contributed by atoms with van der Waals surface area (Å²) in [6, 6.07) is 18.9. The number of methoxy groups -OCH3 is 1. The molecule has 0 radical (unpaired) electrons. The van der Waals surface area contributed by atoms with Crippen molar-refractivity contribution in [2.75, 3.05) is 24.5 Å². The van der Waals surface area contributed by atoms with Gasteiger partial charge in [-0.25, -0.2) is 8.42 Å². The van der Waals surface area contributed by atoms with E-state index < -0.39 is 28.5 Å². The molecule has 8 nitrogen and oxygen atoms in total. The van der Waals surface area contributed by atoms with Crippen LogP contribution in [0.4, 0.5) is 5.69 Å². The molecule has 0 aliphatic carbocycles. The first-order valence-corrected chi connectivity index (χ1v) is 14.8. The minimum Gasteiger partial charge on any atom is -0.497 e. The average molecular weight is 586 g/mol. The van der Waals surface area contributed by atoms with E-state index in [2.05, 4.69) is 5.32 Å². The molecule has 3 aromatic rings. The van der Waals surface area contributed by atoms with Crippen LogP contribution in [-0.4, -0.2) is 51.4 Å². The molecule has 1 N–H and O–H groups in total. The molecule has 0 aliphatic heterocycles. The number of carbonyl (C=O) groups is 2. The highest BCUT2D eigenvalue weighted by molar-refractivity contribution is 7.92. The summed E-state index contributed by atoms with van der Waals surface area (Å²) in [5.41, 5.74) is 2.08. The summed E-state index contributed by atoms with van der Waals surface area (Å²) in [5, 5.41) is 3.31. The maximum atomic E-state index is 14.0. The van der Waals surface area contributed by atoms with Crippen molar-refractivity contribution >= 4 is 39.1 Å². The van der Waals surface area contributed by atoms with Crippen LogP contribution in [0.5, 0.6) is 5.75 Å². The Hall–Kier alpha value is -3.56. The average Bonchev–Trinajstić information content (AvgIpc) is 2.94. The van der Waals surface area contributed by atoms with Crippen LogP contribution in [0.2, 0.25) is 5.02 Å². The van der Waals surface area contributed by atoms with E-state index in [1.165, 1.54) is 24.1 Å². The van der Waals surface area contributed by atoms with Crippen LogP contribution in [0.15, 0.2) is 77.7 Å². The Kier molecular flexibility index (Phi) is 10.6. The lowest BCUT2D eigenvalue weighted by Gasteiger charge is -2.32. The summed E-state index contributed by atoms with van der Waals surface area (Å²) in [7, 11) is -2.69. The van der Waals surface area contributed by atoms with Gasteiger partial charge in [-0.05, 0) is 79.4 Å². The first-order chi connectivity index (χ1) is 18.9. The van der Waals surface area contributed by atoms with Crippen LogP contribution < -0.4 is 14.4 Å². The van der Waals surface area contributed by atoms with Gasteiger partial charge < -0.3 is 15.0 Å². The number of aryl methyl sites for hydroxylation is 1. The molecule has 10 heteroatoms. The summed E-state index contributed by atoms with van der Waals surface area (Å²) < 4.78 is 33.9. The van der Waals surface area contributed by atoms with Gasteiger partial charge in [-0.2, -0.15) is 0 Å². The van der Waals surface area contributed by atoms with Gasteiger partial charge in [0.2, 0.25) is 11.8 Å². The second-order valence-electron chi connectivity index (χ2n) is 9.93. The summed E-state index contributed by atoms with van der Waals surface area (Å²) in [5.74, 6) is -0.111. The summed E-state index contributed by atoms with van der Waals surface area (Å²) >= 11 is 6.07. The molecule has 0 unspecified atom stereocenters. The molecule has 2 amide bonds. The van der Waals surface area contributed by atoms with E-state index >= 15 is 0 Å². The fourth-order valence-corrected chi connectivity index (χ4v) is 5.56. The highest BCUT2D eigenvalue weighted by Crippen LogP contribution is 2.27. The van der Waals surface area contributed by atoms with Gasteiger partial charge in [0.15, 0.2) is 0 Å². The molecule has 0 heterocycles. The second kappa shape index (κ2) is 13.7. The van der Waals surface area contributed by atoms with E-state index in [1.807, 2.05) is 45.0 Å². The predicted octanol–water partition coefficient (Wildman–Crippen LogP) is 5.04. The maximum Gasteiger partial charge on any atom is 0.264 e. The van der Waals surface area contributed by atoms with Crippen molar-refractivity contribution in [2.24, 2.45) is 5.92 Å². The van der Waals surface area contributed by atoms with Gasteiger partial charge in [-0.1, -0.05) is 49.7 Å². The van der Waals surface area contributed by atoms with Crippen molar-refractivity contribution < 1.29 is 22.7 Å². The predicted molar refractivity (Wildman–Crippen MR) is 158 cm³/mol. The van der Waals surface area contributed by atoms with Crippen molar-refractivity contribution in [1.82, 2.24) is 10.2 Å². The molecule has 0 fully saturated rings. The highest BCUT2D eigenvalue weighted by Gasteiger charge is 2.32. The molecule has 0 saturated carbocycles.